The molecule has 8 heteroatoms. The molecule has 0 bridgehead atoms. The molecule has 1 rings (SSSR count). The molecule has 1 aromatic rings. The maximum absolute atomic E-state index is 13.1. The predicted molar refractivity (Wildman–Crippen MR) is 58.4 cm³/mol. The van der Waals surface area contributed by atoms with Gasteiger partial charge in [0.15, 0.2) is 11.6 Å². The topological polar surface area (TPSA) is 29.5 Å². The van der Waals surface area contributed by atoms with Crippen molar-refractivity contribution < 1.29 is 27.4 Å². The van der Waals surface area contributed by atoms with Crippen molar-refractivity contribution in [2.45, 2.75) is 6.18 Å². The van der Waals surface area contributed by atoms with Crippen LogP contribution in [-0.2, 0) is 6.18 Å². The number of benzene rings is 1. The predicted octanol–water partition coefficient (Wildman–Crippen LogP) is 4.25. The highest BCUT2D eigenvalue weighted by Crippen LogP contribution is 2.39. The Morgan fingerprint density at radius 3 is 2.44 bits per heavy atom. The van der Waals surface area contributed by atoms with Crippen molar-refractivity contribution in [2.24, 2.45) is 0 Å². The van der Waals surface area contributed by atoms with Crippen LogP contribution in [0.1, 0.15) is 5.56 Å². The van der Waals surface area contributed by atoms with Crippen LogP contribution >= 0.6 is 23.2 Å². The van der Waals surface area contributed by atoms with E-state index in [4.69, 9.17) is 33.0 Å². The number of halogens is 6. The van der Waals surface area contributed by atoms with Crippen LogP contribution in [0.15, 0.2) is 22.7 Å². The number of aromatic hydroxyl groups is 1. The Morgan fingerprint density at radius 2 is 1.94 bits per heavy atom. The van der Waals surface area contributed by atoms with Crippen molar-refractivity contribution in [3.8, 4) is 11.5 Å². The molecule has 100 valence electrons. The lowest BCUT2D eigenvalue weighted by atomic mass is 10.1. The van der Waals surface area contributed by atoms with Gasteiger partial charge in [0, 0.05) is 6.07 Å². The summed E-state index contributed by atoms with van der Waals surface area (Å²) in [7, 11) is 0. The number of phenolic OH excluding ortho intramolecular Hbond substituents is 1. The maximum atomic E-state index is 13.1. The second kappa shape index (κ2) is 5.67. The van der Waals surface area contributed by atoms with Gasteiger partial charge in [-0.1, -0.05) is 23.2 Å². The van der Waals surface area contributed by atoms with E-state index in [1.807, 2.05) is 0 Å². The third-order valence-electron chi connectivity index (χ3n) is 1.83. The Balaban J connectivity index is 3.02. The van der Waals surface area contributed by atoms with Gasteiger partial charge in [-0.3, -0.25) is 0 Å². The summed E-state index contributed by atoms with van der Waals surface area (Å²) in [5.41, 5.74) is -1.52. The van der Waals surface area contributed by atoms with E-state index in [2.05, 4.69) is 0 Å². The van der Waals surface area contributed by atoms with Crippen molar-refractivity contribution >= 4 is 23.2 Å². The summed E-state index contributed by atoms with van der Waals surface area (Å²) < 4.78 is 55.0. The van der Waals surface area contributed by atoms with Crippen LogP contribution in [0.4, 0.5) is 17.6 Å². The highest BCUT2D eigenvalue weighted by atomic mass is 35.5. The number of hydrogen-bond donors (Lipinski definition) is 1. The zero-order chi connectivity index (χ0) is 13.9. The van der Waals surface area contributed by atoms with Gasteiger partial charge in [-0.2, -0.15) is 13.2 Å². The minimum Gasteiger partial charge on any atom is -0.504 e. The average Bonchev–Trinajstić information content (AvgIpc) is 2.20. The van der Waals surface area contributed by atoms with Crippen molar-refractivity contribution in [3.63, 3.8) is 0 Å². The van der Waals surface area contributed by atoms with Crippen LogP contribution in [0.2, 0.25) is 0 Å². The van der Waals surface area contributed by atoms with E-state index in [0.29, 0.717) is 12.1 Å². The van der Waals surface area contributed by atoms with Crippen LogP contribution in [-0.4, -0.2) is 11.7 Å². The molecule has 0 saturated carbocycles. The monoisotopic (exact) mass is 304 g/mol. The fourth-order valence-electron chi connectivity index (χ4n) is 1.07. The minimum atomic E-state index is -4.88. The molecule has 0 saturated heterocycles. The molecule has 0 aliphatic heterocycles. The normalized spacial score (nSPS) is 11.2. The van der Waals surface area contributed by atoms with Crippen molar-refractivity contribution in [1.29, 1.82) is 0 Å². The molecule has 0 aliphatic carbocycles. The highest BCUT2D eigenvalue weighted by Gasteiger charge is 2.35. The molecule has 18 heavy (non-hydrogen) atoms. The summed E-state index contributed by atoms with van der Waals surface area (Å²) in [5.74, 6) is -3.30. The van der Waals surface area contributed by atoms with Gasteiger partial charge < -0.3 is 9.84 Å². The van der Waals surface area contributed by atoms with Gasteiger partial charge in [0.25, 0.3) is 0 Å². The third kappa shape index (κ3) is 3.96. The van der Waals surface area contributed by atoms with E-state index in [-0.39, 0.29) is 11.1 Å². The lowest BCUT2D eigenvalue weighted by Gasteiger charge is -2.12. The van der Waals surface area contributed by atoms with Crippen LogP contribution < -0.4 is 4.74 Å². The standard InChI is InChI=1S/C10H6Cl2F4O2/c11-8(12)1-2-18-5-3-6(10(14,15)16)9(17)7(13)4-5/h1,3-4,17H,2H2. The molecular weight excluding hydrogens is 299 g/mol. The molecule has 2 nitrogen and oxygen atoms in total. The molecule has 1 aromatic carbocycles. The summed E-state index contributed by atoms with van der Waals surface area (Å²) in [6.45, 7) is -0.232. The van der Waals surface area contributed by atoms with Crippen LogP contribution in [0.3, 0.4) is 0 Å². The Bertz CT molecular complexity index is 468. The molecule has 0 aliphatic rings. The molecule has 0 radical (unpaired) electrons. The first-order valence-corrected chi connectivity index (χ1v) is 5.21. The molecule has 0 unspecified atom stereocenters. The molecule has 0 atom stereocenters. The van der Waals surface area contributed by atoms with Gasteiger partial charge in [-0.25, -0.2) is 4.39 Å². The lowest BCUT2D eigenvalue weighted by Crippen LogP contribution is -2.07. The SMILES string of the molecule is Oc1c(F)cc(OCC=C(Cl)Cl)cc1C(F)(F)F. The van der Waals surface area contributed by atoms with Crippen LogP contribution in [0.5, 0.6) is 11.5 Å². The van der Waals surface area contributed by atoms with Crippen molar-refractivity contribution in [2.75, 3.05) is 6.61 Å². The van der Waals surface area contributed by atoms with Gasteiger partial charge >= 0.3 is 6.18 Å². The maximum Gasteiger partial charge on any atom is 0.420 e. The minimum absolute atomic E-state index is 0.134. The zero-order valence-electron chi connectivity index (χ0n) is 8.56. The van der Waals surface area contributed by atoms with E-state index in [1.54, 1.807) is 0 Å². The fraction of sp³-hybridized carbons (Fsp3) is 0.200. The van der Waals surface area contributed by atoms with E-state index in [1.165, 1.54) is 6.08 Å². The Morgan fingerprint density at radius 1 is 1.33 bits per heavy atom. The van der Waals surface area contributed by atoms with Gasteiger partial charge in [0.1, 0.15) is 22.4 Å². The Hall–Kier alpha value is -1.14. The molecule has 0 amide bonds. The van der Waals surface area contributed by atoms with Crippen LogP contribution in [0, 0.1) is 5.82 Å². The first-order chi connectivity index (χ1) is 8.21. The molecule has 0 heterocycles. The summed E-state index contributed by atoms with van der Waals surface area (Å²) >= 11 is 10.5. The second-order valence-electron chi connectivity index (χ2n) is 3.10. The number of rotatable bonds is 3. The van der Waals surface area contributed by atoms with Crippen LogP contribution in [0.25, 0.3) is 0 Å². The number of hydrogen-bond acceptors (Lipinski definition) is 2. The van der Waals surface area contributed by atoms with Gasteiger partial charge in [-0.05, 0) is 12.1 Å². The largest absolute Gasteiger partial charge is 0.504 e. The number of phenols is 1. The molecular formula is C10H6Cl2F4O2. The summed E-state index contributed by atoms with van der Waals surface area (Å²) in [4.78, 5) is 0. The molecule has 0 spiro atoms. The second-order valence-corrected chi connectivity index (χ2v) is 4.11. The lowest BCUT2D eigenvalue weighted by molar-refractivity contribution is -0.139. The van der Waals surface area contributed by atoms with Gasteiger partial charge in [0.05, 0.1) is 0 Å². The quantitative estimate of drug-likeness (QED) is 0.846. The summed E-state index contributed by atoms with van der Waals surface area (Å²) in [6.07, 6.45) is -3.72. The zero-order valence-corrected chi connectivity index (χ0v) is 10.1. The first kappa shape index (κ1) is 14.9. The Labute approximate surface area is 109 Å². The van der Waals surface area contributed by atoms with Crippen molar-refractivity contribution in [1.82, 2.24) is 0 Å². The van der Waals surface area contributed by atoms with E-state index < -0.39 is 29.1 Å². The fourth-order valence-corrected chi connectivity index (χ4v) is 1.20. The van der Waals surface area contributed by atoms with Gasteiger partial charge in [0.2, 0.25) is 0 Å². The molecule has 0 aromatic heterocycles. The first-order valence-electron chi connectivity index (χ1n) is 4.45. The number of ether oxygens (including phenoxy) is 1. The highest BCUT2D eigenvalue weighted by molar-refractivity contribution is 6.55. The summed E-state index contributed by atoms with van der Waals surface area (Å²) in [5, 5.41) is 8.97. The molecule has 1 N–H and O–H groups in total. The number of alkyl halides is 3. The van der Waals surface area contributed by atoms with Crippen molar-refractivity contribution in [3.05, 3.63) is 34.1 Å². The van der Waals surface area contributed by atoms with E-state index in [9.17, 15) is 17.6 Å². The van der Waals surface area contributed by atoms with Gasteiger partial charge in [-0.15, -0.1) is 0 Å². The third-order valence-corrected chi connectivity index (χ3v) is 2.14. The smallest absolute Gasteiger partial charge is 0.420 e. The van der Waals surface area contributed by atoms with E-state index >= 15 is 0 Å². The summed E-state index contributed by atoms with van der Waals surface area (Å²) in [6, 6.07) is 1.11. The average molecular weight is 305 g/mol. The molecule has 0 fully saturated rings. The van der Waals surface area contributed by atoms with E-state index in [0.717, 1.165) is 0 Å². The Kier molecular flexibility index (Phi) is 4.70.